The summed E-state index contributed by atoms with van der Waals surface area (Å²) in [4.78, 5) is 7.65. The van der Waals surface area contributed by atoms with E-state index in [2.05, 4.69) is 193 Å². The third-order valence-corrected chi connectivity index (χ3v) is 11.9. The van der Waals surface area contributed by atoms with Crippen LogP contribution in [0.25, 0.3) is 86.9 Å². The number of anilines is 3. The number of aromatic nitrogens is 1. The van der Waals surface area contributed by atoms with Crippen molar-refractivity contribution < 1.29 is 4.42 Å². The molecule has 4 heteroatoms. The summed E-state index contributed by atoms with van der Waals surface area (Å²) >= 11 is 1.73. The fourth-order valence-corrected chi connectivity index (χ4v) is 9.17. The lowest BCUT2D eigenvalue weighted by Gasteiger charge is -2.27. The highest BCUT2D eigenvalue weighted by molar-refractivity contribution is 7.21. The van der Waals surface area contributed by atoms with E-state index >= 15 is 0 Å². The molecule has 0 aliphatic rings. The Morgan fingerprint density at radius 3 is 1.68 bits per heavy atom. The molecular formula is C53H34N2OS. The van der Waals surface area contributed by atoms with Crippen molar-refractivity contribution in [2.24, 2.45) is 0 Å². The fourth-order valence-electron chi connectivity index (χ4n) is 8.15. The number of nitrogens with zero attached hydrogens (tertiary/aromatic N) is 2. The number of benzene rings is 9. The smallest absolute Gasteiger partial charge is 0.145 e. The molecule has 0 atom stereocenters. The van der Waals surface area contributed by atoms with E-state index in [0.717, 1.165) is 70.9 Å². The standard InChI is InChI=1S/C53H34N2OS/c1-4-14-35(15-5-1)36-24-28-41(29-25-36)55(43-32-40-20-10-11-21-44(40)46(33-43)37-16-6-2-7-17-37)42-30-26-38(27-31-42)50-51-49(57-53(54-51)39-18-8-3-9-19-39)34-47-45-22-12-13-23-48(45)56-52(47)50/h1-34H. The summed E-state index contributed by atoms with van der Waals surface area (Å²) in [5.74, 6) is 0. The second-order valence-electron chi connectivity index (χ2n) is 14.3. The molecule has 0 bridgehead atoms. The molecule has 0 spiro atoms. The monoisotopic (exact) mass is 746 g/mol. The van der Waals surface area contributed by atoms with E-state index in [1.54, 1.807) is 11.3 Å². The van der Waals surface area contributed by atoms with Crippen molar-refractivity contribution in [3.05, 3.63) is 206 Å². The van der Waals surface area contributed by atoms with E-state index in [1.165, 1.54) is 33.0 Å². The molecule has 0 N–H and O–H groups in total. The Balaban J connectivity index is 1.10. The molecule has 9 aromatic carbocycles. The van der Waals surface area contributed by atoms with Crippen LogP contribution in [-0.4, -0.2) is 4.98 Å². The minimum atomic E-state index is 0.858. The first kappa shape index (κ1) is 33.1. The van der Waals surface area contributed by atoms with Gasteiger partial charge in [0.1, 0.15) is 16.2 Å². The van der Waals surface area contributed by atoms with Gasteiger partial charge in [-0.25, -0.2) is 4.98 Å². The van der Waals surface area contributed by atoms with Crippen molar-refractivity contribution in [3.63, 3.8) is 0 Å². The van der Waals surface area contributed by atoms with E-state index in [-0.39, 0.29) is 0 Å². The lowest BCUT2D eigenvalue weighted by atomic mass is 9.96. The van der Waals surface area contributed by atoms with E-state index in [1.807, 2.05) is 18.2 Å². The summed E-state index contributed by atoms with van der Waals surface area (Å²) in [5, 5.41) is 5.62. The van der Waals surface area contributed by atoms with Crippen molar-refractivity contribution in [1.29, 1.82) is 0 Å². The largest absolute Gasteiger partial charge is 0.455 e. The second-order valence-corrected chi connectivity index (χ2v) is 15.4. The van der Waals surface area contributed by atoms with Gasteiger partial charge in [0.25, 0.3) is 0 Å². The maximum atomic E-state index is 6.68. The van der Waals surface area contributed by atoms with Gasteiger partial charge in [-0.2, -0.15) is 0 Å². The summed E-state index contributed by atoms with van der Waals surface area (Å²) in [6, 6.07) is 73.4. The average Bonchev–Trinajstić information content (AvgIpc) is 3.88. The number of fused-ring (bicyclic) bond motifs is 5. The molecule has 268 valence electrons. The Hall–Kier alpha value is -7.27. The van der Waals surface area contributed by atoms with Crippen LogP contribution < -0.4 is 4.90 Å². The second kappa shape index (κ2) is 13.8. The maximum Gasteiger partial charge on any atom is 0.145 e. The number of thiazole rings is 1. The molecule has 2 aromatic heterocycles. The first-order valence-corrected chi connectivity index (χ1v) is 20.0. The molecule has 2 heterocycles. The van der Waals surface area contributed by atoms with Gasteiger partial charge in [-0.3, -0.25) is 0 Å². The van der Waals surface area contributed by atoms with Gasteiger partial charge in [0.2, 0.25) is 0 Å². The van der Waals surface area contributed by atoms with Gasteiger partial charge in [0.15, 0.2) is 0 Å². The first-order valence-electron chi connectivity index (χ1n) is 19.2. The van der Waals surface area contributed by atoms with Gasteiger partial charge < -0.3 is 9.32 Å². The summed E-state index contributed by atoms with van der Waals surface area (Å²) < 4.78 is 7.81. The van der Waals surface area contributed by atoms with Crippen LogP contribution in [0.5, 0.6) is 0 Å². The van der Waals surface area contributed by atoms with E-state index in [4.69, 9.17) is 9.40 Å². The van der Waals surface area contributed by atoms with Gasteiger partial charge in [-0.15, -0.1) is 11.3 Å². The minimum absolute atomic E-state index is 0.858. The fraction of sp³-hybridized carbons (Fsp3) is 0. The van der Waals surface area contributed by atoms with Crippen molar-refractivity contribution in [3.8, 4) is 44.0 Å². The van der Waals surface area contributed by atoms with Crippen molar-refractivity contribution in [2.45, 2.75) is 0 Å². The zero-order valence-electron chi connectivity index (χ0n) is 30.8. The highest BCUT2D eigenvalue weighted by Gasteiger charge is 2.22. The quantitative estimate of drug-likeness (QED) is 0.163. The Bertz CT molecular complexity index is 3210. The van der Waals surface area contributed by atoms with Crippen LogP contribution in [0.15, 0.2) is 211 Å². The van der Waals surface area contributed by atoms with Crippen LogP contribution in [0.3, 0.4) is 0 Å². The highest BCUT2D eigenvalue weighted by Crippen LogP contribution is 2.46. The van der Waals surface area contributed by atoms with Gasteiger partial charge in [-0.05, 0) is 87.1 Å². The molecule has 11 rings (SSSR count). The Labute approximate surface area is 334 Å². The van der Waals surface area contributed by atoms with Crippen molar-refractivity contribution in [2.75, 3.05) is 4.90 Å². The molecule has 0 unspecified atom stereocenters. The summed E-state index contributed by atoms with van der Waals surface area (Å²) in [6.07, 6.45) is 0. The number of hydrogen-bond acceptors (Lipinski definition) is 4. The minimum Gasteiger partial charge on any atom is -0.455 e. The van der Waals surface area contributed by atoms with Gasteiger partial charge >= 0.3 is 0 Å². The molecular weight excluding hydrogens is 713 g/mol. The Kier molecular flexibility index (Phi) is 8.01. The topological polar surface area (TPSA) is 29.3 Å². The van der Waals surface area contributed by atoms with Crippen LogP contribution in [0.1, 0.15) is 0 Å². The molecule has 0 aliphatic heterocycles. The summed E-state index contributed by atoms with van der Waals surface area (Å²) in [5.41, 5.74) is 13.8. The molecule has 11 aromatic rings. The SMILES string of the molecule is c1ccc(-c2ccc(N(c3ccc(-c4c5nc(-c6ccccc6)sc5cc5c4oc4ccccc45)cc3)c3cc(-c4ccccc4)c4ccccc4c3)cc2)cc1. The molecule has 57 heavy (non-hydrogen) atoms. The summed E-state index contributed by atoms with van der Waals surface area (Å²) in [7, 11) is 0. The van der Waals surface area contributed by atoms with Gasteiger partial charge in [0, 0.05) is 33.4 Å². The molecule has 0 saturated heterocycles. The van der Waals surface area contributed by atoms with E-state index in [9.17, 15) is 0 Å². The van der Waals surface area contributed by atoms with Crippen LogP contribution >= 0.6 is 11.3 Å². The van der Waals surface area contributed by atoms with Crippen molar-refractivity contribution in [1.82, 2.24) is 4.98 Å². The zero-order valence-corrected chi connectivity index (χ0v) is 31.7. The number of para-hydroxylation sites is 1. The molecule has 0 aliphatic carbocycles. The molecule has 0 saturated carbocycles. The Morgan fingerprint density at radius 2 is 0.982 bits per heavy atom. The van der Waals surface area contributed by atoms with Crippen LogP contribution in [-0.2, 0) is 0 Å². The first-order chi connectivity index (χ1) is 28.2. The Morgan fingerprint density at radius 1 is 0.421 bits per heavy atom. The number of rotatable bonds is 7. The molecule has 3 nitrogen and oxygen atoms in total. The highest BCUT2D eigenvalue weighted by atomic mass is 32.1. The molecule has 0 fully saturated rings. The van der Waals surface area contributed by atoms with Crippen LogP contribution in [0.2, 0.25) is 0 Å². The number of furan rings is 1. The van der Waals surface area contributed by atoms with Crippen molar-refractivity contribution >= 4 is 71.3 Å². The normalized spacial score (nSPS) is 11.5. The third-order valence-electron chi connectivity index (χ3n) is 10.9. The maximum absolute atomic E-state index is 6.68. The van der Waals surface area contributed by atoms with Gasteiger partial charge in [0.05, 0.1) is 15.8 Å². The zero-order chi connectivity index (χ0) is 37.7. The predicted octanol–water partition coefficient (Wildman–Crippen LogP) is 15.5. The molecule has 0 amide bonds. The lowest BCUT2D eigenvalue weighted by molar-refractivity contribution is 0.670. The van der Waals surface area contributed by atoms with E-state index < -0.39 is 0 Å². The average molecular weight is 747 g/mol. The van der Waals surface area contributed by atoms with Gasteiger partial charge in [-0.1, -0.05) is 158 Å². The predicted molar refractivity (Wildman–Crippen MR) is 241 cm³/mol. The summed E-state index contributed by atoms with van der Waals surface area (Å²) in [6.45, 7) is 0. The molecule has 0 radical (unpaired) electrons. The van der Waals surface area contributed by atoms with Crippen LogP contribution in [0, 0.1) is 0 Å². The number of hydrogen-bond donors (Lipinski definition) is 0. The third kappa shape index (κ3) is 5.86. The van der Waals surface area contributed by atoms with Crippen LogP contribution in [0.4, 0.5) is 17.1 Å². The lowest BCUT2D eigenvalue weighted by Crippen LogP contribution is -2.10. The van der Waals surface area contributed by atoms with E-state index in [0.29, 0.717) is 0 Å².